The van der Waals surface area contributed by atoms with Gasteiger partial charge in [0.2, 0.25) is 0 Å². The van der Waals surface area contributed by atoms with Gasteiger partial charge < -0.3 is 15.5 Å². The quantitative estimate of drug-likeness (QED) is 0.752. The Bertz CT molecular complexity index is 539. The van der Waals surface area contributed by atoms with Crippen LogP contribution in [0.1, 0.15) is 51.2 Å². The summed E-state index contributed by atoms with van der Waals surface area (Å²) in [6, 6.07) is 6.00. The number of hydrogen-bond acceptors (Lipinski definition) is 3. The first-order valence-corrected chi connectivity index (χ1v) is 8.21. The molecule has 4 nitrogen and oxygen atoms in total. The fourth-order valence-corrected chi connectivity index (χ4v) is 3.40. The molecule has 0 amide bonds. The maximum absolute atomic E-state index is 13.2. The molecule has 1 aliphatic rings. The summed E-state index contributed by atoms with van der Waals surface area (Å²) in [6.45, 7) is 4.50. The van der Waals surface area contributed by atoms with Crippen LogP contribution in [0, 0.1) is 17.7 Å². The van der Waals surface area contributed by atoms with Gasteiger partial charge in [-0.05, 0) is 63.1 Å². The lowest BCUT2D eigenvalue weighted by molar-refractivity contribution is -0.143. The molecule has 2 rings (SSSR count). The highest BCUT2D eigenvalue weighted by atomic mass is 19.1. The van der Waals surface area contributed by atoms with E-state index >= 15 is 0 Å². The number of carbonyl (C=O) groups is 1. The van der Waals surface area contributed by atoms with Crippen molar-refractivity contribution in [3.63, 3.8) is 0 Å². The number of aliphatic hydroxyl groups is 1. The standard InChI is InChI=1S/C18H26FNO3/c1-18(2,14-8-6-12(7-9-14)17(22)23)20-11-16(21)13-4-3-5-15(19)10-13/h3-5,10,12,14,16,20-21H,6-9,11H2,1-2H3,(H,22,23). The van der Waals surface area contributed by atoms with Crippen LogP contribution >= 0.6 is 0 Å². The molecular weight excluding hydrogens is 297 g/mol. The lowest BCUT2D eigenvalue weighted by Gasteiger charge is -2.39. The maximum Gasteiger partial charge on any atom is 0.306 e. The smallest absolute Gasteiger partial charge is 0.306 e. The predicted octanol–water partition coefficient (Wildman–Crippen LogP) is 3.12. The number of benzene rings is 1. The van der Waals surface area contributed by atoms with E-state index in [0.717, 1.165) is 12.8 Å². The van der Waals surface area contributed by atoms with Crippen molar-refractivity contribution < 1.29 is 19.4 Å². The van der Waals surface area contributed by atoms with Crippen molar-refractivity contribution in [2.24, 2.45) is 11.8 Å². The molecule has 0 saturated heterocycles. The first kappa shape index (κ1) is 17.9. The van der Waals surface area contributed by atoms with E-state index < -0.39 is 12.1 Å². The third kappa shape index (κ3) is 4.75. The van der Waals surface area contributed by atoms with Gasteiger partial charge in [0, 0.05) is 12.1 Å². The van der Waals surface area contributed by atoms with Crippen LogP contribution in [-0.4, -0.2) is 28.3 Å². The van der Waals surface area contributed by atoms with Crippen molar-refractivity contribution >= 4 is 5.97 Å². The second kappa shape index (κ2) is 7.41. The van der Waals surface area contributed by atoms with Crippen LogP contribution in [0.3, 0.4) is 0 Å². The molecular formula is C18H26FNO3. The molecule has 1 aromatic carbocycles. The Morgan fingerprint density at radius 3 is 2.57 bits per heavy atom. The zero-order valence-electron chi connectivity index (χ0n) is 13.8. The second-order valence-electron chi connectivity index (χ2n) is 7.06. The van der Waals surface area contributed by atoms with Gasteiger partial charge in [-0.1, -0.05) is 12.1 Å². The molecule has 3 N–H and O–H groups in total. The van der Waals surface area contributed by atoms with Gasteiger partial charge in [-0.25, -0.2) is 4.39 Å². The first-order valence-electron chi connectivity index (χ1n) is 8.21. The molecule has 0 heterocycles. The molecule has 1 aromatic rings. The summed E-state index contributed by atoms with van der Waals surface area (Å²) in [7, 11) is 0. The van der Waals surface area contributed by atoms with E-state index in [0.29, 0.717) is 30.9 Å². The highest BCUT2D eigenvalue weighted by Crippen LogP contribution is 2.35. The number of nitrogens with one attached hydrogen (secondary N) is 1. The van der Waals surface area contributed by atoms with E-state index in [1.165, 1.54) is 12.1 Å². The summed E-state index contributed by atoms with van der Waals surface area (Å²) in [5, 5.41) is 22.7. The molecule has 0 spiro atoms. The van der Waals surface area contributed by atoms with Gasteiger partial charge in [0.05, 0.1) is 12.0 Å². The Labute approximate surface area is 136 Å². The van der Waals surface area contributed by atoms with Crippen molar-refractivity contribution in [3.8, 4) is 0 Å². The number of β-amino-alcohol motifs (C(OH)–C–C–N with tert-alkyl or cyclic N) is 1. The zero-order valence-corrected chi connectivity index (χ0v) is 13.8. The monoisotopic (exact) mass is 323 g/mol. The normalized spacial score (nSPS) is 23.5. The Hall–Kier alpha value is -1.46. The molecule has 1 unspecified atom stereocenters. The third-order valence-electron chi connectivity index (χ3n) is 5.08. The van der Waals surface area contributed by atoms with E-state index in [1.54, 1.807) is 12.1 Å². The third-order valence-corrected chi connectivity index (χ3v) is 5.08. The molecule has 0 aliphatic heterocycles. The van der Waals surface area contributed by atoms with Gasteiger partial charge >= 0.3 is 5.97 Å². The molecule has 23 heavy (non-hydrogen) atoms. The number of aliphatic hydroxyl groups excluding tert-OH is 1. The minimum atomic E-state index is -0.764. The first-order chi connectivity index (χ1) is 10.8. The molecule has 128 valence electrons. The SMILES string of the molecule is CC(C)(NCC(O)c1cccc(F)c1)C1CCC(C(=O)O)CC1. The Morgan fingerprint density at radius 2 is 2.00 bits per heavy atom. The summed E-state index contributed by atoms with van der Waals surface area (Å²) < 4.78 is 13.2. The maximum atomic E-state index is 13.2. The lowest BCUT2D eigenvalue weighted by Crippen LogP contribution is -2.49. The highest BCUT2D eigenvalue weighted by Gasteiger charge is 2.35. The van der Waals surface area contributed by atoms with Crippen LogP contribution in [0.25, 0.3) is 0 Å². The minimum absolute atomic E-state index is 0.197. The van der Waals surface area contributed by atoms with E-state index in [9.17, 15) is 14.3 Å². The van der Waals surface area contributed by atoms with Crippen LogP contribution < -0.4 is 5.32 Å². The number of rotatable bonds is 6. The van der Waals surface area contributed by atoms with Crippen molar-refractivity contribution in [2.75, 3.05) is 6.54 Å². The van der Waals surface area contributed by atoms with Gasteiger partial charge in [-0.2, -0.15) is 0 Å². The van der Waals surface area contributed by atoms with Crippen LogP contribution in [0.15, 0.2) is 24.3 Å². The number of carboxylic acids is 1. The largest absolute Gasteiger partial charge is 0.481 e. The molecule has 1 saturated carbocycles. The van der Waals surface area contributed by atoms with E-state index in [-0.39, 0.29) is 17.3 Å². The average Bonchev–Trinajstić information content (AvgIpc) is 2.52. The van der Waals surface area contributed by atoms with Gasteiger partial charge in [0.25, 0.3) is 0 Å². The van der Waals surface area contributed by atoms with Gasteiger partial charge in [0.1, 0.15) is 5.82 Å². The zero-order chi connectivity index (χ0) is 17.0. The minimum Gasteiger partial charge on any atom is -0.481 e. The Kier molecular flexibility index (Phi) is 5.76. The van der Waals surface area contributed by atoms with Crippen LogP contribution in [0.2, 0.25) is 0 Å². The van der Waals surface area contributed by atoms with Crippen LogP contribution in [-0.2, 0) is 4.79 Å². The Balaban J connectivity index is 1.87. The molecule has 0 radical (unpaired) electrons. The number of carboxylic acid groups (broad SMARTS) is 1. The molecule has 1 fully saturated rings. The summed E-state index contributed by atoms with van der Waals surface area (Å²) >= 11 is 0. The fraction of sp³-hybridized carbons (Fsp3) is 0.611. The molecule has 1 aliphatic carbocycles. The van der Waals surface area contributed by atoms with Crippen molar-refractivity contribution in [3.05, 3.63) is 35.6 Å². The molecule has 0 aromatic heterocycles. The van der Waals surface area contributed by atoms with Gasteiger partial charge in [0.15, 0.2) is 0 Å². The molecule has 1 atom stereocenters. The number of halogens is 1. The predicted molar refractivity (Wildman–Crippen MR) is 86.5 cm³/mol. The number of aliphatic carboxylic acids is 1. The summed E-state index contributed by atoms with van der Waals surface area (Å²) in [5.41, 5.74) is 0.362. The summed E-state index contributed by atoms with van der Waals surface area (Å²) in [4.78, 5) is 11.0. The van der Waals surface area contributed by atoms with Gasteiger partial charge in [-0.15, -0.1) is 0 Å². The summed E-state index contributed by atoms with van der Waals surface area (Å²) in [5.74, 6) is -0.902. The Morgan fingerprint density at radius 1 is 1.35 bits per heavy atom. The van der Waals surface area contributed by atoms with Gasteiger partial charge in [-0.3, -0.25) is 4.79 Å². The van der Waals surface area contributed by atoms with E-state index in [4.69, 9.17) is 5.11 Å². The summed E-state index contributed by atoms with van der Waals surface area (Å²) in [6.07, 6.45) is 2.38. The number of hydrogen-bond donors (Lipinski definition) is 3. The van der Waals surface area contributed by atoms with Crippen molar-refractivity contribution in [1.82, 2.24) is 5.32 Å². The van der Waals surface area contributed by atoms with Crippen LogP contribution in [0.5, 0.6) is 0 Å². The lowest BCUT2D eigenvalue weighted by atomic mass is 9.73. The highest BCUT2D eigenvalue weighted by molar-refractivity contribution is 5.70. The van der Waals surface area contributed by atoms with Crippen LogP contribution in [0.4, 0.5) is 4.39 Å². The average molecular weight is 323 g/mol. The van der Waals surface area contributed by atoms with Crippen molar-refractivity contribution in [1.29, 1.82) is 0 Å². The fourth-order valence-electron chi connectivity index (χ4n) is 3.40. The second-order valence-corrected chi connectivity index (χ2v) is 7.06. The molecule has 0 bridgehead atoms. The van der Waals surface area contributed by atoms with Crippen molar-refractivity contribution in [2.45, 2.75) is 51.2 Å². The molecule has 5 heteroatoms. The topological polar surface area (TPSA) is 69.6 Å². The van der Waals surface area contributed by atoms with E-state index in [2.05, 4.69) is 19.2 Å². The van der Waals surface area contributed by atoms with E-state index in [1.807, 2.05) is 0 Å².